The van der Waals surface area contributed by atoms with Crippen molar-refractivity contribution >= 4 is 17.6 Å². The van der Waals surface area contributed by atoms with Gasteiger partial charge in [-0.05, 0) is 24.1 Å². The Bertz CT molecular complexity index is 492. The van der Waals surface area contributed by atoms with Gasteiger partial charge in [-0.15, -0.1) is 11.8 Å². The molecular formula is C12H15F3N2O2S. The molecule has 1 aromatic carbocycles. The summed E-state index contributed by atoms with van der Waals surface area (Å²) in [6, 6.07) is 3.08. The minimum absolute atomic E-state index is 0.0116. The first-order chi connectivity index (χ1) is 9.29. The smallest absolute Gasteiger partial charge is 0.409 e. The highest BCUT2D eigenvalue weighted by Gasteiger charge is 2.31. The Morgan fingerprint density at radius 1 is 1.45 bits per heavy atom. The Labute approximate surface area is 118 Å². The van der Waals surface area contributed by atoms with Crippen LogP contribution in [-0.4, -0.2) is 28.5 Å². The van der Waals surface area contributed by atoms with E-state index in [9.17, 15) is 13.2 Å². The maximum atomic E-state index is 12.7. The first-order valence-corrected chi connectivity index (χ1v) is 6.71. The standard InChI is InChI=1S/C12H15F3N2O2S/c1-7(5-18)6-20-10-3-2-8(12(13,14)15)4-9(10)11(16)17-19/h2-4,7,18-19H,5-6H2,1H3,(H2,16,17). The fraction of sp³-hybridized carbons (Fsp3) is 0.417. The highest BCUT2D eigenvalue weighted by Crippen LogP contribution is 2.33. The first-order valence-electron chi connectivity index (χ1n) is 5.72. The van der Waals surface area contributed by atoms with E-state index in [1.807, 2.05) is 0 Å². The maximum Gasteiger partial charge on any atom is 0.416 e. The van der Waals surface area contributed by atoms with Gasteiger partial charge in [0.15, 0.2) is 5.84 Å². The van der Waals surface area contributed by atoms with Gasteiger partial charge >= 0.3 is 6.18 Å². The normalized spacial score (nSPS) is 14.3. The van der Waals surface area contributed by atoms with Crippen LogP contribution in [0, 0.1) is 5.92 Å². The molecule has 1 unspecified atom stereocenters. The van der Waals surface area contributed by atoms with Crippen molar-refractivity contribution in [3.8, 4) is 0 Å². The molecule has 4 N–H and O–H groups in total. The van der Waals surface area contributed by atoms with Gasteiger partial charge in [-0.25, -0.2) is 0 Å². The van der Waals surface area contributed by atoms with E-state index in [-0.39, 0.29) is 23.9 Å². The van der Waals surface area contributed by atoms with Gasteiger partial charge in [-0.2, -0.15) is 13.2 Å². The lowest BCUT2D eigenvalue weighted by Crippen LogP contribution is -2.16. The topological polar surface area (TPSA) is 78.8 Å². The molecule has 0 spiro atoms. The van der Waals surface area contributed by atoms with E-state index < -0.39 is 11.7 Å². The number of halogens is 3. The van der Waals surface area contributed by atoms with Crippen LogP contribution >= 0.6 is 11.8 Å². The summed E-state index contributed by atoms with van der Waals surface area (Å²) < 4.78 is 38.0. The van der Waals surface area contributed by atoms with E-state index >= 15 is 0 Å². The summed E-state index contributed by atoms with van der Waals surface area (Å²) in [4.78, 5) is 0.466. The lowest BCUT2D eigenvalue weighted by Gasteiger charge is -2.13. The Morgan fingerprint density at radius 3 is 2.60 bits per heavy atom. The summed E-state index contributed by atoms with van der Waals surface area (Å²) in [6.45, 7) is 1.78. The monoisotopic (exact) mass is 308 g/mol. The molecule has 1 aromatic rings. The highest BCUT2D eigenvalue weighted by atomic mass is 32.2. The van der Waals surface area contributed by atoms with E-state index in [0.717, 1.165) is 12.1 Å². The molecule has 0 radical (unpaired) electrons. The summed E-state index contributed by atoms with van der Waals surface area (Å²) in [7, 11) is 0. The van der Waals surface area contributed by atoms with Gasteiger partial charge in [0.2, 0.25) is 0 Å². The van der Waals surface area contributed by atoms with Crippen LogP contribution < -0.4 is 5.73 Å². The Balaban J connectivity index is 3.11. The zero-order valence-electron chi connectivity index (χ0n) is 10.7. The number of nitrogens with zero attached hydrogens (tertiary/aromatic N) is 1. The number of oxime groups is 1. The molecule has 1 rings (SSSR count). The average molecular weight is 308 g/mol. The number of thioether (sulfide) groups is 1. The van der Waals surface area contributed by atoms with Crippen LogP contribution in [-0.2, 0) is 6.18 Å². The van der Waals surface area contributed by atoms with Crippen LogP contribution in [0.2, 0.25) is 0 Å². The molecule has 0 fully saturated rings. The molecule has 0 aromatic heterocycles. The third-order valence-corrected chi connectivity index (χ3v) is 3.93. The van der Waals surface area contributed by atoms with Crippen LogP contribution in [0.3, 0.4) is 0 Å². The SMILES string of the molecule is CC(CO)CSc1ccc(C(F)(F)F)cc1C(N)=NO. The molecular weight excluding hydrogens is 293 g/mol. The van der Waals surface area contributed by atoms with Crippen molar-refractivity contribution in [1.82, 2.24) is 0 Å². The van der Waals surface area contributed by atoms with Crippen molar-refractivity contribution in [2.24, 2.45) is 16.8 Å². The molecule has 0 aliphatic heterocycles. The van der Waals surface area contributed by atoms with E-state index in [2.05, 4.69) is 5.16 Å². The largest absolute Gasteiger partial charge is 0.416 e. The Kier molecular flexibility index (Phi) is 5.70. The molecule has 20 heavy (non-hydrogen) atoms. The minimum Gasteiger partial charge on any atom is -0.409 e. The zero-order valence-corrected chi connectivity index (χ0v) is 11.5. The molecule has 8 heteroatoms. The lowest BCUT2D eigenvalue weighted by molar-refractivity contribution is -0.137. The number of hydrogen-bond acceptors (Lipinski definition) is 4. The van der Waals surface area contributed by atoms with Crippen molar-refractivity contribution < 1.29 is 23.5 Å². The van der Waals surface area contributed by atoms with Crippen molar-refractivity contribution in [2.45, 2.75) is 18.0 Å². The van der Waals surface area contributed by atoms with Gasteiger partial charge in [0, 0.05) is 22.8 Å². The number of amidine groups is 1. The number of nitrogens with two attached hydrogens (primary N) is 1. The number of benzene rings is 1. The molecule has 0 aliphatic carbocycles. The molecule has 1 atom stereocenters. The Hall–Kier alpha value is -1.41. The molecule has 0 heterocycles. The lowest BCUT2D eigenvalue weighted by atomic mass is 10.1. The van der Waals surface area contributed by atoms with Crippen molar-refractivity contribution in [3.63, 3.8) is 0 Å². The van der Waals surface area contributed by atoms with Crippen molar-refractivity contribution in [1.29, 1.82) is 0 Å². The van der Waals surface area contributed by atoms with E-state index in [4.69, 9.17) is 16.0 Å². The van der Waals surface area contributed by atoms with Crippen molar-refractivity contribution in [3.05, 3.63) is 29.3 Å². The average Bonchev–Trinajstić information content (AvgIpc) is 2.42. The third kappa shape index (κ3) is 4.31. The molecule has 112 valence electrons. The Morgan fingerprint density at radius 2 is 2.10 bits per heavy atom. The van der Waals surface area contributed by atoms with Gasteiger partial charge in [0.05, 0.1) is 5.56 Å². The van der Waals surface area contributed by atoms with Crippen LogP contribution in [0.25, 0.3) is 0 Å². The van der Waals surface area contributed by atoms with Crippen LogP contribution in [0.5, 0.6) is 0 Å². The summed E-state index contributed by atoms with van der Waals surface area (Å²) in [5.74, 6) is 0.116. The van der Waals surface area contributed by atoms with Gasteiger partial charge < -0.3 is 16.0 Å². The zero-order chi connectivity index (χ0) is 15.3. The second-order valence-electron chi connectivity index (χ2n) is 4.29. The highest BCUT2D eigenvalue weighted by molar-refractivity contribution is 7.99. The number of rotatable bonds is 5. The second kappa shape index (κ2) is 6.85. The molecule has 4 nitrogen and oxygen atoms in total. The summed E-state index contributed by atoms with van der Waals surface area (Å²) in [6.07, 6.45) is -4.49. The number of aliphatic hydroxyl groups excluding tert-OH is 1. The molecule has 0 saturated heterocycles. The van der Waals surface area contributed by atoms with Crippen LogP contribution in [0.15, 0.2) is 28.3 Å². The summed E-state index contributed by atoms with van der Waals surface area (Å²) in [5.41, 5.74) is 4.58. The number of aliphatic hydroxyl groups is 1. The van der Waals surface area contributed by atoms with Crippen molar-refractivity contribution in [2.75, 3.05) is 12.4 Å². The molecule has 0 amide bonds. The number of hydrogen-bond donors (Lipinski definition) is 3. The first kappa shape index (κ1) is 16.6. The van der Waals surface area contributed by atoms with Crippen LogP contribution in [0.1, 0.15) is 18.1 Å². The fourth-order valence-corrected chi connectivity index (χ4v) is 2.42. The predicted molar refractivity (Wildman–Crippen MR) is 70.9 cm³/mol. The molecule has 0 aliphatic rings. The van der Waals surface area contributed by atoms with Gasteiger partial charge in [-0.1, -0.05) is 12.1 Å². The minimum atomic E-state index is -4.49. The maximum absolute atomic E-state index is 12.7. The van der Waals surface area contributed by atoms with E-state index in [1.165, 1.54) is 17.8 Å². The fourth-order valence-electron chi connectivity index (χ4n) is 1.37. The van der Waals surface area contributed by atoms with E-state index in [0.29, 0.717) is 10.6 Å². The van der Waals surface area contributed by atoms with E-state index in [1.54, 1.807) is 6.92 Å². The third-order valence-electron chi connectivity index (χ3n) is 2.53. The predicted octanol–water partition coefficient (Wildman–Crippen LogP) is 2.52. The van der Waals surface area contributed by atoms with Gasteiger partial charge in [-0.3, -0.25) is 0 Å². The molecule has 0 saturated carbocycles. The van der Waals surface area contributed by atoms with Crippen LogP contribution in [0.4, 0.5) is 13.2 Å². The number of alkyl halides is 3. The second-order valence-corrected chi connectivity index (χ2v) is 5.35. The quantitative estimate of drug-likeness (QED) is 0.257. The summed E-state index contributed by atoms with van der Waals surface area (Å²) in [5, 5.41) is 20.4. The van der Waals surface area contributed by atoms with Gasteiger partial charge in [0.1, 0.15) is 0 Å². The molecule has 0 bridgehead atoms. The van der Waals surface area contributed by atoms with Gasteiger partial charge in [0.25, 0.3) is 0 Å². The summed E-state index contributed by atoms with van der Waals surface area (Å²) >= 11 is 1.24.